The number of esters is 1. The second kappa shape index (κ2) is 12.0. The number of rotatable bonds is 10. The SMILES string of the molecule is CCNC(=O)Nc1cc(Nc2cccnc2)c(C(=O)Nc2cnc(NCOC(=O)C3(C)CCC3)nc2)cn1. The van der Waals surface area contributed by atoms with Crippen LogP contribution in [0.3, 0.4) is 0 Å². The molecule has 0 unspecified atom stereocenters. The van der Waals surface area contributed by atoms with Crippen LogP contribution in [-0.4, -0.2) is 51.1 Å². The number of nitrogens with one attached hydrogen (secondary N) is 5. The highest BCUT2D eigenvalue weighted by molar-refractivity contribution is 6.08. The first-order valence-corrected chi connectivity index (χ1v) is 12.1. The zero-order valence-corrected chi connectivity index (χ0v) is 21.1. The topological polar surface area (TPSA) is 172 Å². The predicted molar refractivity (Wildman–Crippen MR) is 141 cm³/mol. The number of aromatic nitrogens is 4. The summed E-state index contributed by atoms with van der Waals surface area (Å²) in [6, 6.07) is 4.67. The summed E-state index contributed by atoms with van der Waals surface area (Å²) >= 11 is 0. The third kappa shape index (κ3) is 6.69. The molecule has 1 saturated carbocycles. The molecule has 0 bridgehead atoms. The molecule has 1 fully saturated rings. The number of carbonyl (C=O) groups excluding carboxylic acids is 3. The van der Waals surface area contributed by atoms with Crippen LogP contribution >= 0.6 is 0 Å². The smallest absolute Gasteiger partial charge is 0.320 e. The van der Waals surface area contributed by atoms with Gasteiger partial charge >= 0.3 is 12.0 Å². The molecule has 0 saturated heterocycles. The number of pyridine rings is 2. The van der Waals surface area contributed by atoms with E-state index >= 15 is 0 Å². The second-order valence-corrected chi connectivity index (χ2v) is 8.88. The van der Waals surface area contributed by atoms with Gasteiger partial charge in [0.1, 0.15) is 5.82 Å². The summed E-state index contributed by atoms with van der Waals surface area (Å²) in [5, 5.41) is 13.9. The maximum Gasteiger partial charge on any atom is 0.320 e. The molecule has 3 heterocycles. The highest BCUT2D eigenvalue weighted by Gasteiger charge is 2.40. The fourth-order valence-electron chi connectivity index (χ4n) is 3.66. The van der Waals surface area contributed by atoms with Gasteiger partial charge in [-0.2, -0.15) is 0 Å². The second-order valence-electron chi connectivity index (χ2n) is 8.88. The van der Waals surface area contributed by atoms with Crippen molar-refractivity contribution in [2.45, 2.75) is 33.1 Å². The standard InChI is InChI=1S/C25H29N9O4/c1-3-27-24(37)34-20-10-19(32-16-6-4-9-26-11-16)18(14-28-20)21(35)33-17-12-29-23(30-13-17)31-15-38-22(36)25(2)7-5-8-25/h4,6,9-14H,3,5,7-8,15H2,1-2H3,(H,33,35)(H,29,30,31)(H3,27,28,32,34,37). The maximum atomic E-state index is 13.1. The number of anilines is 5. The molecule has 38 heavy (non-hydrogen) atoms. The fraction of sp³-hybridized carbons (Fsp3) is 0.320. The van der Waals surface area contributed by atoms with Crippen LogP contribution in [0.15, 0.2) is 49.2 Å². The highest BCUT2D eigenvalue weighted by Crippen LogP contribution is 2.41. The summed E-state index contributed by atoms with van der Waals surface area (Å²) in [6.07, 6.45) is 10.1. The van der Waals surface area contributed by atoms with E-state index in [1.165, 1.54) is 18.6 Å². The van der Waals surface area contributed by atoms with Crippen LogP contribution < -0.4 is 26.6 Å². The minimum Gasteiger partial charge on any atom is -0.444 e. The van der Waals surface area contributed by atoms with Crippen molar-refractivity contribution in [1.29, 1.82) is 0 Å². The molecule has 1 aliphatic carbocycles. The molecule has 4 rings (SSSR count). The van der Waals surface area contributed by atoms with Crippen LogP contribution in [0.25, 0.3) is 0 Å². The van der Waals surface area contributed by atoms with E-state index < -0.39 is 17.4 Å². The Morgan fingerprint density at radius 1 is 1.03 bits per heavy atom. The lowest BCUT2D eigenvalue weighted by Gasteiger charge is -2.35. The number of hydrogen-bond acceptors (Lipinski definition) is 10. The van der Waals surface area contributed by atoms with Gasteiger partial charge in [-0.25, -0.2) is 19.7 Å². The van der Waals surface area contributed by atoms with Crippen LogP contribution in [-0.2, 0) is 9.53 Å². The Balaban J connectivity index is 1.40. The molecular weight excluding hydrogens is 490 g/mol. The molecule has 0 atom stereocenters. The lowest BCUT2D eigenvalue weighted by atomic mass is 9.70. The van der Waals surface area contributed by atoms with E-state index in [1.807, 2.05) is 6.92 Å². The highest BCUT2D eigenvalue weighted by atomic mass is 16.5. The van der Waals surface area contributed by atoms with Gasteiger partial charge in [0.25, 0.3) is 5.91 Å². The number of carbonyl (C=O) groups is 3. The molecule has 0 aliphatic heterocycles. The summed E-state index contributed by atoms with van der Waals surface area (Å²) in [7, 11) is 0. The number of amides is 3. The van der Waals surface area contributed by atoms with Gasteiger partial charge in [-0.05, 0) is 38.8 Å². The van der Waals surface area contributed by atoms with E-state index in [9.17, 15) is 14.4 Å². The van der Waals surface area contributed by atoms with E-state index in [4.69, 9.17) is 4.74 Å². The van der Waals surface area contributed by atoms with E-state index in [0.29, 0.717) is 23.6 Å². The normalized spacial score (nSPS) is 13.4. The van der Waals surface area contributed by atoms with Gasteiger partial charge in [-0.3, -0.25) is 19.9 Å². The summed E-state index contributed by atoms with van der Waals surface area (Å²) in [4.78, 5) is 53.7. The molecular formula is C25H29N9O4. The Hall–Kier alpha value is -4.81. The van der Waals surface area contributed by atoms with E-state index in [0.717, 1.165) is 19.3 Å². The van der Waals surface area contributed by atoms with Gasteiger partial charge in [0.2, 0.25) is 5.95 Å². The lowest BCUT2D eigenvalue weighted by Crippen LogP contribution is -2.37. The van der Waals surface area contributed by atoms with Crippen molar-refractivity contribution in [1.82, 2.24) is 25.3 Å². The zero-order valence-electron chi connectivity index (χ0n) is 21.1. The van der Waals surface area contributed by atoms with Crippen molar-refractivity contribution >= 4 is 46.7 Å². The lowest BCUT2D eigenvalue weighted by molar-refractivity contribution is -0.159. The summed E-state index contributed by atoms with van der Waals surface area (Å²) in [5.74, 6) is -0.210. The van der Waals surface area contributed by atoms with Crippen LogP contribution in [0.1, 0.15) is 43.5 Å². The molecule has 3 aromatic rings. The fourth-order valence-corrected chi connectivity index (χ4v) is 3.66. The van der Waals surface area contributed by atoms with Crippen molar-refractivity contribution < 1.29 is 19.1 Å². The van der Waals surface area contributed by atoms with Gasteiger partial charge in [-0.1, -0.05) is 6.42 Å². The number of hydrogen-bond donors (Lipinski definition) is 5. The van der Waals surface area contributed by atoms with E-state index in [1.54, 1.807) is 37.5 Å². The van der Waals surface area contributed by atoms with Crippen molar-refractivity contribution in [2.24, 2.45) is 5.41 Å². The first kappa shape index (κ1) is 26.3. The molecule has 13 nitrogen and oxygen atoms in total. The third-order valence-corrected chi connectivity index (χ3v) is 5.96. The average Bonchev–Trinajstić information content (AvgIpc) is 2.89. The number of nitrogens with zero attached hydrogens (tertiary/aromatic N) is 4. The molecule has 13 heteroatoms. The summed E-state index contributed by atoms with van der Waals surface area (Å²) in [6.45, 7) is 4.10. The summed E-state index contributed by atoms with van der Waals surface area (Å²) < 4.78 is 5.27. The number of ether oxygens (including phenoxy) is 1. The minimum atomic E-state index is -0.472. The van der Waals surface area contributed by atoms with Crippen molar-refractivity contribution in [3.63, 3.8) is 0 Å². The summed E-state index contributed by atoms with van der Waals surface area (Å²) in [5.41, 5.74) is 1.21. The molecule has 198 valence electrons. The van der Waals surface area contributed by atoms with E-state index in [2.05, 4.69) is 46.5 Å². The van der Waals surface area contributed by atoms with Gasteiger partial charge in [-0.15, -0.1) is 0 Å². The third-order valence-electron chi connectivity index (χ3n) is 5.96. The maximum absolute atomic E-state index is 13.1. The molecule has 0 aromatic carbocycles. The minimum absolute atomic E-state index is 0.0498. The Bertz CT molecular complexity index is 1280. The van der Waals surface area contributed by atoms with Gasteiger partial charge in [0.05, 0.1) is 46.6 Å². The molecule has 0 radical (unpaired) electrons. The first-order valence-electron chi connectivity index (χ1n) is 12.1. The van der Waals surface area contributed by atoms with Crippen LogP contribution in [0.2, 0.25) is 0 Å². The number of urea groups is 1. The van der Waals surface area contributed by atoms with Crippen molar-refractivity contribution in [3.8, 4) is 0 Å². The molecule has 1 aliphatic rings. The Kier molecular flexibility index (Phi) is 8.26. The largest absolute Gasteiger partial charge is 0.444 e. The monoisotopic (exact) mass is 519 g/mol. The first-order chi connectivity index (χ1) is 18.4. The molecule has 3 amide bonds. The molecule has 5 N–H and O–H groups in total. The Labute approximate surface area is 219 Å². The van der Waals surface area contributed by atoms with Crippen LogP contribution in [0.5, 0.6) is 0 Å². The van der Waals surface area contributed by atoms with Crippen molar-refractivity contribution in [2.75, 3.05) is 34.5 Å². The van der Waals surface area contributed by atoms with Crippen molar-refractivity contribution in [3.05, 3.63) is 54.7 Å². The Morgan fingerprint density at radius 2 is 1.82 bits per heavy atom. The van der Waals surface area contributed by atoms with Crippen LogP contribution in [0, 0.1) is 5.41 Å². The average molecular weight is 520 g/mol. The quantitative estimate of drug-likeness (QED) is 0.197. The van der Waals surface area contributed by atoms with Gasteiger partial charge < -0.3 is 26.0 Å². The van der Waals surface area contributed by atoms with Gasteiger partial charge in [0, 0.05) is 25.0 Å². The molecule has 3 aromatic heterocycles. The van der Waals surface area contributed by atoms with Crippen LogP contribution in [0.4, 0.5) is 33.6 Å². The zero-order chi connectivity index (χ0) is 27.0. The molecule has 0 spiro atoms. The predicted octanol–water partition coefficient (Wildman–Crippen LogP) is 3.51. The Morgan fingerprint density at radius 3 is 2.47 bits per heavy atom. The van der Waals surface area contributed by atoms with E-state index in [-0.39, 0.29) is 30.0 Å². The van der Waals surface area contributed by atoms with Gasteiger partial charge in [0.15, 0.2) is 6.73 Å².